The standard InChI is InChI=1S/C18H34N2O/c1-5-13(4)15-11-20(17(10-19-15)12(2)3)16-8-9-21-18(16)14-6-7-14/h12-19H,5-11H2,1-4H3. The molecule has 1 aliphatic carbocycles. The van der Waals surface area contributed by atoms with E-state index in [-0.39, 0.29) is 0 Å². The Balaban J connectivity index is 1.73. The van der Waals surface area contributed by atoms with Crippen LogP contribution < -0.4 is 5.32 Å². The predicted molar refractivity (Wildman–Crippen MR) is 87.4 cm³/mol. The third-order valence-corrected chi connectivity index (χ3v) is 6.14. The highest BCUT2D eigenvalue weighted by atomic mass is 16.5. The van der Waals surface area contributed by atoms with Gasteiger partial charge in [-0.05, 0) is 37.0 Å². The van der Waals surface area contributed by atoms with E-state index in [1.54, 1.807) is 0 Å². The van der Waals surface area contributed by atoms with Crippen LogP contribution in [0.5, 0.6) is 0 Å². The molecule has 3 heteroatoms. The Morgan fingerprint density at radius 3 is 2.57 bits per heavy atom. The van der Waals surface area contributed by atoms with Crippen LogP contribution in [0, 0.1) is 17.8 Å². The van der Waals surface area contributed by atoms with E-state index in [0.717, 1.165) is 30.9 Å². The van der Waals surface area contributed by atoms with Gasteiger partial charge in [-0.15, -0.1) is 0 Å². The molecule has 0 amide bonds. The number of nitrogens with zero attached hydrogens (tertiary/aromatic N) is 1. The first kappa shape index (κ1) is 15.8. The minimum atomic E-state index is 0.530. The summed E-state index contributed by atoms with van der Waals surface area (Å²) in [5.41, 5.74) is 0. The van der Waals surface area contributed by atoms with Gasteiger partial charge in [-0.1, -0.05) is 34.1 Å². The largest absolute Gasteiger partial charge is 0.376 e. The maximum Gasteiger partial charge on any atom is 0.0759 e. The van der Waals surface area contributed by atoms with Crippen LogP contribution in [0.1, 0.15) is 53.4 Å². The molecule has 2 heterocycles. The number of piperazine rings is 1. The monoisotopic (exact) mass is 294 g/mol. The van der Waals surface area contributed by atoms with Crippen LogP contribution in [0.4, 0.5) is 0 Å². The maximum absolute atomic E-state index is 6.13. The lowest BCUT2D eigenvalue weighted by Gasteiger charge is -2.48. The molecule has 1 N–H and O–H groups in total. The average molecular weight is 294 g/mol. The van der Waals surface area contributed by atoms with E-state index in [0.29, 0.717) is 24.2 Å². The first-order valence-corrected chi connectivity index (χ1v) is 9.22. The van der Waals surface area contributed by atoms with Crippen molar-refractivity contribution in [1.82, 2.24) is 10.2 Å². The van der Waals surface area contributed by atoms with E-state index in [2.05, 4.69) is 37.9 Å². The average Bonchev–Trinajstić information content (AvgIpc) is 3.22. The summed E-state index contributed by atoms with van der Waals surface area (Å²) in [6.45, 7) is 12.8. The second-order valence-electron chi connectivity index (χ2n) is 7.94. The summed E-state index contributed by atoms with van der Waals surface area (Å²) in [6.07, 6.45) is 5.84. The van der Waals surface area contributed by atoms with Crippen LogP contribution in [0.2, 0.25) is 0 Å². The number of rotatable bonds is 5. The van der Waals surface area contributed by atoms with Gasteiger partial charge in [0.15, 0.2) is 0 Å². The van der Waals surface area contributed by atoms with Crippen molar-refractivity contribution in [3.8, 4) is 0 Å². The van der Waals surface area contributed by atoms with Gasteiger partial charge in [0.1, 0.15) is 0 Å². The molecule has 1 saturated carbocycles. The fourth-order valence-corrected chi connectivity index (χ4v) is 4.31. The van der Waals surface area contributed by atoms with Gasteiger partial charge < -0.3 is 10.1 Å². The summed E-state index contributed by atoms with van der Waals surface area (Å²) in [5.74, 6) is 2.35. The van der Waals surface area contributed by atoms with Gasteiger partial charge in [-0.25, -0.2) is 0 Å². The van der Waals surface area contributed by atoms with Crippen molar-refractivity contribution >= 4 is 0 Å². The lowest BCUT2D eigenvalue weighted by Crippen LogP contribution is -2.63. The van der Waals surface area contributed by atoms with E-state index in [1.165, 1.54) is 32.2 Å². The van der Waals surface area contributed by atoms with Crippen LogP contribution in [0.15, 0.2) is 0 Å². The third kappa shape index (κ3) is 3.30. The topological polar surface area (TPSA) is 24.5 Å². The molecule has 21 heavy (non-hydrogen) atoms. The summed E-state index contributed by atoms with van der Waals surface area (Å²) >= 11 is 0. The van der Waals surface area contributed by atoms with Crippen molar-refractivity contribution in [1.29, 1.82) is 0 Å². The molecule has 5 unspecified atom stereocenters. The maximum atomic E-state index is 6.13. The molecule has 3 aliphatic rings. The molecular formula is C18H34N2O. The highest BCUT2D eigenvalue weighted by Gasteiger charge is 2.46. The Morgan fingerprint density at radius 1 is 1.19 bits per heavy atom. The first-order valence-electron chi connectivity index (χ1n) is 9.22. The normalized spacial score (nSPS) is 39.9. The molecule has 0 aromatic rings. The van der Waals surface area contributed by atoms with Gasteiger partial charge >= 0.3 is 0 Å². The Morgan fingerprint density at radius 2 is 1.95 bits per heavy atom. The van der Waals surface area contributed by atoms with Gasteiger partial charge in [0.25, 0.3) is 0 Å². The van der Waals surface area contributed by atoms with Crippen molar-refractivity contribution < 1.29 is 4.74 Å². The molecule has 0 spiro atoms. The fourth-order valence-electron chi connectivity index (χ4n) is 4.31. The van der Waals surface area contributed by atoms with Crippen LogP contribution in [-0.2, 0) is 4.74 Å². The van der Waals surface area contributed by atoms with Gasteiger partial charge in [-0.3, -0.25) is 4.90 Å². The molecule has 0 radical (unpaired) electrons. The molecule has 3 fully saturated rings. The quantitative estimate of drug-likeness (QED) is 0.844. The minimum Gasteiger partial charge on any atom is -0.376 e. The molecule has 2 aliphatic heterocycles. The first-order chi connectivity index (χ1) is 10.1. The lowest BCUT2D eigenvalue weighted by molar-refractivity contribution is -0.00550. The van der Waals surface area contributed by atoms with Gasteiger partial charge in [0, 0.05) is 37.8 Å². The second-order valence-corrected chi connectivity index (χ2v) is 7.94. The van der Waals surface area contributed by atoms with Gasteiger partial charge in [0.2, 0.25) is 0 Å². The van der Waals surface area contributed by atoms with Crippen molar-refractivity contribution in [2.24, 2.45) is 17.8 Å². The summed E-state index contributed by atoms with van der Waals surface area (Å²) in [6, 6.07) is 2.02. The molecule has 0 aromatic carbocycles. The number of hydrogen-bond acceptors (Lipinski definition) is 3. The number of nitrogens with one attached hydrogen (secondary N) is 1. The zero-order valence-electron chi connectivity index (χ0n) is 14.3. The SMILES string of the molecule is CCC(C)C1CN(C2CCOC2C2CC2)C(C(C)C)CN1. The van der Waals surface area contributed by atoms with Gasteiger partial charge in [0.05, 0.1) is 6.10 Å². The van der Waals surface area contributed by atoms with E-state index < -0.39 is 0 Å². The van der Waals surface area contributed by atoms with Crippen molar-refractivity contribution in [3.63, 3.8) is 0 Å². The van der Waals surface area contributed by atoms with E-state index in [1.807, 2.05) is 0 Å². The van der Waals surface area contributed by atoms with Gasteiger partial charge in [-0.2, -0.15) is 0 Å². The molecular weight excluding hydrogens is 260 g/mol. The Labute approximate surface area is 130 Å². The molecule has 2 saturated heterocycles. The number of hydrogen-bond donors (Lipinski definition) is 1. The van der Waals surface area contributed by atoms with Crippen molar-refractivity contribution in [2.45, 2.75) is 77.6 Å². The summed E-state index contributed by atoms with van der Waals surface area (Å²) in [7, 11) is 0. The van der Waals surface area contributed by atoms with Crippen LogP contribution in [-0.4, -0.2) is 48.8 Å². The van der Waals surface area contributed by atoms with Crippen molar-refractivity contribution in [2.75, 3.05) is 19.7 Å². The molecule has 122 valence electrons. The highest BCUT2D eigenvalue weighted by Crippen LogP contribution is 2.41. The van der Waals surface area contributed by atoms with Crippen LogP contribution in [0.25, 0.3) is 0 Å². The van der Waals surface area contributed by atoms with E-state index >= 15 is 0 Å². The Kier molecular flexibility index (Phi) is 4.92. The molecule has 3 nitrogen and oxygen atoms in total. The fraction of sp³-hybridized carbons (Fsp3) is 1.00. The molecule has 3 rings (SSSR count). The second kappa shape index (κ2) is 6.55. The summed E-state index contributed by atoms with van der Waals surface area (Å²) < 4.78 is 6.13. The zero-order valence-corrected chi connectivity index (χ0v) is 14.3. The van der Waals surface area contributed by atoms with E-state index in [9.17, 15) is 0 Å². The smallest absolute Gasteiger partial charge is 0.0759 e. The highest BCUT2D eigenvalue weighted by molar-refractivity contribution is 5.00. The van der Waals surface area contributed by atoms with E-state index in [4.69, 9.17) is 4.74 Å². The van der Waals surface area contributed by atoms with Crippen LogP contribution in [0.3, 0.4) is 0 Å². The minimum absolute atomic E-state index is 0.530. The van der Waals surface area contributed by atoms with Crippen LogP contribution >= 0.6 is 0 Å². The third-order valence-electron chi connectivity index (χ3n) is 6.14. The predicted octanol–water partition coefficient (Wildman–Crippen LogP) is 2.90. The summed E-state index contributed by atoms with van der Waals surface area (Å²) in [4.78, 5) is 2.84. The number of ether oxygens (including phenoxy) is 1. The molecule has 0 bridgehead atoms. The zero-order chi connectivity index (χ0) is 15.0. The molecule has 5 atom stereocenters. The molecule has 0 aromatic heterocycles. The lowest BCUT2D eigenvalue weighted by atomic mass is 9.89. The summed E-state index contributed by atoms with van der Waals surface area (Å²) in [5, 5.41) is 3.83. The van der Waals surface area contributed by atoms with Crippen molar-refractivity contribution in [3.05, 3.63) is 0 Å². The Bertz CT molecular complexity index is 342. The Hall–Kier alpha value is -0.120.